The van der Waals surface area contributed by atoms with Crippen LogP contribution in [0.2, 0.25) is 0 Å². The van der Waals surface area contributed by atoms with Crippen molar-refractivity contribution in [2.24, 2.45) is 5.84 Å². The van der Waals surface area contributed by atoms with Crippen LogP contribution in [0, 0.1) is 6.92 Å². The van der Waals surface area contributed by atoms with E-state index in [4.69, 9.17) is 5.84 Å². The smallest absolute Gasteiger partial charge is 0.267 e. The quantitative estimate of drug-likeness (QED) is 0.499. The van der Waals surface area contributed by atoms with Gasteiger partial charge in [0, 0.05) is 14.1 Å². The van der Waals surface area contributed by atoms with Crippen LogP contribution in [-0.4, -0.2) is 25.0 Å². The third-order valence-electron chi connectivity index (χ3n) is 1.90. The van der Waals surface area contributed by atoms with E-state index < -0.39 is 0 Å². The van der Waals surface area contributed by atoms with Gasteiger partial charge in [0.1, 0.15) is 0 Å². The van der Waals surface area contributed by atoms with Crippen LogP contribution in [0.1, 0.15) is 15.9 Å². The van der Waals surface area contributed by atoms with Gasteiger partial charge in [-0.1, -0.05) is 6.07 Å². The lowest BCUT2D eigenvalue weighted by atomic mass is 10.1. The summed E-state index contributed by atoms with van der Waals surface area (Å²) in [5.41, 5.74) is 7.35. The molecule has 0 heterocycles. The molecule has 0 aromatic heterocycles. The normalized spacial score (nSPS) is 10.2. The predicted octanol–water partition coefficient (Wildman–Crippen LogP) is 0.487. The Morgan fingerprint density at radius 3 is 2.60 bits per heavy atom. The van der Waals surface area contributed by atoms with E-state index >= 15 is 0 Å². The molecule has 0 bridgehead atoms. The van der Waals surface area contributed by atoms with Crippen molar-refractivity contribution < 1.29 is 4.79 Å². The van der Waals surface area contributed by atoms with Crippen molar-refractivity contribution in [2.75, 3.05) is 19.5 Å². The van der Waals surface area contributed by atoms with Crippen molar-refractivity contribution in [3.05, 3.63) is 29.3 Å². The Kier molecular flexibility index (Phi) is 3.65. The summed E-state index contributed by atoms with van der Waals surface area (Å²) >= 11 is 0. The monoisotopic (exact) mass is 208 g/mol. The molecule has 4 N–H and O–H groups in total. The second-order valence-corrected chi connectivity index (χ2v) is 3.53. The number of benzene rings is 1. The lowest BCUT2D eigenvalue weighted by Crippen LogP contribution is -2.36. The summed E-state index contributed by atoms with van der Waals surface area (Å²) in [6, 6.07) is 5.43. The largest absolute Gasteiger partial charge is 0.323 e. The fourth-order valence-electron chi connectivity index (χ4n) is 1.24. The standard InChI is InChI=1S/C10H16N4O/c1-7-4-5-8(9(6-7)12-11)10(15)13-14(2)3/h4-6,12H,11H2,1-3H3,(H,13,15). The average molecular weight is 208 g/mol. The Labute approximate surface area is 89.2 Å². The lowest BCUT2D eigenvalue weighted by molar-refractivity contribution is 0.0858. The van der Waals surface area contributed by atoms with E-state index in [9.17, 15) is 4.79 Å². The molecule has 1 aromatic rings. The van der Waals surface area contributed by atoms with Crippen LogP contribution in [0.3, 0.4) is 0 Å². The molecule has 0 spiro atoms. The van der Waals surface area contributed by atoms with Gasteiger partial charge in [-0.2, -0.15) is 0 Å². The zero-order chi connectivity index (χ0) is 11.4. The van der Waals surface area contributed by atoms with Crippen LogP contribution in [0.4, 0.5) is 5.69 Å². The van der Waals surface area contributed by atoms with E-state index in [-0.39, 0.29) is 5.91 Å². The van der Waals surface area contributed by atoms with Crippen molar-refractivity contribution >= 4 is 11.6 Å². The maximum atomic E-state index is 11.7. The summed E-state index contributed by atoms with van der Waals surface area (Å²) in [6.07, 6.45) is 0. The van der Waals surface area contributed by atoms with Crippen LogP contribution >= 0.6 is 0 Å². The van der Waals surface area contributed by atoms with Gasteiger partial charge in [-0.25, -0.2) is 5.01 Å². The van der Waals surface area contributed by atoms with Crippen molar-refractivity contribution in [1.29, 1.82) is 0 Å². The molecule has 1 amide bonds. The molecule has 1 aromatic carbocycles. The molecule has 0 radical (unpaired) electrons. The predicted molar refractivity (Wildman–Crippen MR) is 60.1 cm³/mol. The van der Waals surface area contributed by atoms with Crippen molar-refractivity contribution in [1.82, 2.24) is 10.4 Å². The van der Waals surface area contributed by atoms with E-state index in [1.807, 2.05) is 19.1 Å². The van der Waals surface area contributed by atoms with Gasteiger partial charge in [0.05, 0.1) is 11.3 Å². The number of rotatable bonds is 3. The molecule has 5 heteroatoms. The first-order valence-electron chi connectivity index (χ1n) is 4.60. The highest BCUT2D eigenvalue weighted by Gasteiger charge is 2.10. The zero-order valence-electron chi connectivity index (χ0n) is 9.16. The van der Waals surface area contributed by atoms with Gasteiger partial charge in [0.25, 0.3) is 5.91 Å². The fraction of sp³-hybridized carbons (Fsp3) is 0.300. The molecule has 1 rings (SSSR count). The van der Waals surface area contributed by atoms with E-state index in [0.29, 0.717) is 11.3 Å². The Morgan fingerprint density at radius 1 is 1.40 bits per heavy atom. The van der Waals surface area contributed by atoms with Crippen molar-refractivity contribution in [3.8, 4) is 0 Å². The molecule has 82 valence electrons. The molecule has 0 aliphatic heterocycles. The Bertz CT molecular complexity index is 362. The number of aryl methyl sites for hydroxylation is 1. The third kappa shape index (κ3) is 2.93. The van der Waals surface area contributed by atoms with E-state index in [2.05, 4.69) is 10.9 Å². The summed E-state index contributed by atoms with van der Waals surface area (Å²) < 4.78 is 0. The number of anilines is 1. The summed E-state index contributed by atoms with van der Waals surface area (Å²) in [4.78, 5) is 11.7. The van der Waals surface area contributed by atoms with Gasteiger partial charge in [-0.15, -0.1) is 0 Å². The number of nitrogens with one attached hydrogen (secondary N) is 2. The van der Waals surface area contributed by atoms with Crippen LogP contribution in [0.5, 0.6) is 0 Å². The summed E-state index contributed by atoms with van der Waals surface area (Å²) in [6.45, 7) is 1.94. The molecule has 15 heavy (non-hydrogen) atoms. The fourth-order valence-corrected chi connectivity index (χ4v) is 1.24. The number of nitrogen functional groups attached to an aromatic ring is 1. The minimum Gasteiger partial charge on any atom is -0.323 e. The van der Waals surface area contributed by atoms with Gasteiger partial charge in [0.15, 0.2) is 0 Å². The molecular weight excluding hydrogens is 192 g/mol. The maximum absolute atomic E-state index is 11.7. The first kappa shape index (κ1) is 11.5. The molecular formula is C10H16N4O. The SMILES string of the molecule is Cc1ccc(C(=O)NN(C)C)c(NN)c1. The number of hydrogen-bond acceptors (Lipinski definition) is 4. The maximum Gasteiger partial charge on any atom is 0.267 e. The molecule has 0 saturated carbocycles. The minimum absolute atomic E-state index is 0.187. The molecule has 0 aliphatic carbocycles. The van der Waals surface area contributed by atoms with E-state index in [0.717, 1.165) is 5.56 Å². The van der Waals surface area contributed by atoms with Crippen molar-refractivity contribution in [3.63, 3.8) is 0 Å². The highest BCUT2D eigenvalue weighted by atomic mass is 16.2. The molecule has 5 nitrogen and oxygen atoms in total. The third-order valence-corrected chi connectivity index (χ3v) is 1.90. The second-order valence-electron chi connectivity index (χ2n) is 3.53. The van der Waals surface area contributed by atoms with Gasteiger partial charge >= 0.3 is 0 Å². The second kappa shape index (κ2) is 4.77. The Hall–Kier alpha value is -1.59. The molecule has 0 saturated heterocycles. The first-order chi connectivity index (χ1) is 7.04. The first-order valence-corrected chi connectivity index (χ1v) is 4.60. The van der Waals surface area contributed by atoms with Crippen molar-refractivity contribution in [2.45, 2.75) is 6.92 Å². The molecule has 0 fully saturated rings. The number of amides is 1. The van der Waals surface area contributed by atoms with Crippen LogP contribution < -0.4 is 16.7 Å². The number of carbonyl (C=O) groups excluding carboxylic acids is 1. The van der Waals surface area contributed by atoms with Gasteiger partial charge in [-0.05, 0) is 24.6 Å². The van der Waals surface area contributed by atoms with Gasteiger partial charge in [-0.3, -0.25) is 16.1 Å². The highest BCUT2D eigenvalue weighted by molar-refractivity contribution is 5.99. The minimum atomic E-state index is -0.187. The zero-order valence-corrected chi connectivity index (χ0v) is 9.16. The molecule has 0 atom stereocenters. The van der Waals surface area contributed by atoms with Crippen LogP contribution in [0.25, 0.3) is 0 Å². The Balaban J connectivity index is 2.97. The van der Waals surface area contributed by atoms with Crippen LogP contribution in [-0.2, 0) is 0 Å². The van der Waals surface area contributed by atoms with E-state index in [1.54, 1.807) is 25.2 Å². The summed E-state index contributed by atoms with van der Waals surface area (Å²) in [5, 5.41) is 1.59. The van der Waals surface area contributed by atoms with Gasteiger partial charge in [0.2, 0.25) is 0 Å². The number of hydrazine groups is 2. The van der Waals surface area contributed by atoms with E-state index in [1.165, 1.54) is 0 Å². The molecule has 0 unspecified atom stereocenters. The summed E-state index contributed by atoms with van der Waals surface area (Å²) in [5.74, 6) is 5.16. The Morgan fingerprint density at radius 2 is 2.07 bits per heavy atom. The van der Waals surface area contributed by atoms with Crippen LogP contribution in [0.15, 0.2) is 18.2 Å². The number of nitrogens with two attached hydrogens (primary N) is 1. The molecule has 0 aliphatic rings. The number of carbonyl (C=O) groups is 1. The highest BCUT2D eigenvalue weighted by Crippen LogP contribution is 2.16. The lowest BCUT2D eigenvalue weighted by Gasteiger charge is -2.14. The number of nitrogens with zero attached hydrogens (tertiary/aromatic N) is 1. The number of hydrogen-bond donors (Lipinski definition) is 3. The summed E-state index contributed by atoms with van der Waals surface area (Å²) in [7, 11) is 3.50. The average Bonchev–Trinajstić information content (AvgIpc) is 2.16. The van der Waals surface area contributed by atoms with Gasteiger partial charge < -0.3 is 5.43 Å². The topological polar surface area (TPSA) is 70.4 Å².